The van der Waals surface area contributed by atoms with E-state index in [1.807, 2.05) is 0 Å². The summed E-state index contributed by atoms with van der Waals surface area (Å²) in [6.07, 6.45) is -4.39. The van der Waals surface area contributed by atoms with E-state index in [9.17, 15) is 18.0 Å². The van der Waals surface area contributed by atoms with Gasteiger partial charge in [0.2, 0.25) is 0 Å². The number of pyridine rings is 1. The number of fused-ring (bicyclic) bond motifs is 1. The predicted molar refractivity (Wildman–Crippen MR) is 55.3 cm³/mol. The molecule has 1 aromatic carbocycles. The molecule has 2 aromatic rings. The van der Waals surface area contributed by atoms with Gasteiger partial charge in [0.25, 0.3) is 5.91 Å². The molecular weight excluding hydrogens is 233 g/mol. The molecule has 17 heavy (non-hydrogen) atoms. The van der Waals surface area contributed by atoms with Gasteiger partial charge in [0, 0.05) is 5.39 Å². The van der Waals surface area contributed by atoms with E-state index in [4.69, 9.17) is 5.73 Å². The molecule has 0 aliphatic carbocycles. The molecule has 2 N–H and O–H groups in total. The lowest BCUT2D eigenvalue weighted by atomic mass is 10.1. The van der Waals surface area contributed by atoms with Crippen molar-refractivity contribution >= 4 is 16.8 Å². The number of primary amides is 1. The Morgan fingerprint density at radius 3 is 2.47 bits per heavy atom. The number of nitrogens with two attached hydrogens (primary N) is 1. The van der Waals surface area contributed by atoms with Crippen LogP contribution in [0.25, 0.3) is 10.9 Å². The third kappa shape index (κ3) is 2.20. The number of halogens is 3. The first-order chi connectivity index (χ1) is 7.88. The number of hydrogen-bond donors (Lipinski definition) is 1. The second kappa shape index (κ2) is 3.73. The van der Waals surface area contributed by atoms with Crippen LogP contribution in [0.1, 0.15) is 16.1 Å². The van der Waals surface area contributed by atoms with Crippen LogP contribution in [0.5, 0.6) is 0 Å². The number of carbonyl (C=O) groups excluding carboxylic acids is 1. The Labute approximate surface area is 94.1 Å². The maximum atomic E-state index is 12.4. The maximum Gasteiger partial charge on any atom is 0.416 e. The molecule has 6 heteroatoms. The number of alkyl halides is 3. The smallest absolute Gasteiger partial charge is 0.364 e. The third-order valence-corrected chi connectivity index (χ3v) is 2.27. The number of carbonyl (C=O) groups is 1. The number of benzene rings is 1. The molecule has 0 saturated heterocycles. The van der Waals surface area contributed by atoms with Crippen molar-refractivity contribution in [2.75, 3.05) is 0 Å². The van der Waals surface area contributed by atoms with Crippen LogP contribution in [0.2, 0.25) is 0 Å². The predicted octanol–water partition coefficient (Wildman–Crippen LogP) is 2.35. The van der Waals surface area contributed by atoms with Crippen molar-refractivity contribution in [3.05, 3.63) is 41.6 Å². The van der Waals surface area contributed by atoms with Crippen molar-refractivity contribution in [1.82, 2.24) is 4.98 Å². The molecule has 88 valence electrons. The van der Waals surface area contributed by atoms with E-state index in [0.717, 1.165) is 12.1 Å². The average molecular weight is 240 g/mol. The maximum absolute atomic E-state index is 12.4. The minimum absolute atomic E-state index is 0.0252. The van der Waals surface area contributed by atoms with Gasteiger partial charge >= 0.3 is 6.18 Å². The third-order valence-electron chi connectivity index (χ3n) is 2.27. The summed E-state index contributed by atoms with van der Waals surface area (Å²) in [5.41, 5.74) is 4.60. The molecule has 0 aliphatic heterocycles. The van der Waals surface area contributed by atoms with E-state index < -0.39 is 17.6 Å². The van der Waals surface area contributed by atoms with E-state index in [-0.39, 0.29) is 5.69 Å². The molecule has 0 bridgehead atoms. The number of amides is 1. The number of nitrogens with zero attached hydrogens (tertiary/aromatic N) is 1. The minimum Gasteiger partial charge on any atom is -0.364 e. The normalized spacial score (nSPS) is 11.7. The van der Waals surface area contributed by atoms with Gasteiger partial charge in [-0.1, -0.05) is 6.07 Å². The number of hydrogen-bond acceptors (Lipinski definition) is 2. The number of aromatic nitrogens is 1. The molecule has 0 spiro atoms. The molecule has 2 rings (SSSR count). The fourth-order valence-electron chi connectivity index (χ4n) is 1.44. The lowest BCUT2D eigenvalue weighted by Gasteiger charge is -2.07. The van der Waals surface area contributed by atoms with Gasteiger partial charge in [-0.2, -0.15) is 13.2 Å². The number of rotatable bonds is 1. The van der Waals surface area contributed by atoms with Crippen LogP contribution in [-0.2, 0) is 6.18 Å². The summed E-state index contributed by atoms with van der Waals surface area (Å²) in [5.74, 6) is -0.716. The fraction of sp³-hybridized carbons (Fsp3) is 0.0909. The van der Waals surface area contributed by atoms with E-state index in [1.165, 1.54) is 18.2 Å². The van der Waals surface area contributed by atoms with Gasteiger partial charge < -0.3 is 5.73 Å². The van der Waals surface area contributed by atoms with Crippen LogP contribution in [0.15, 0.2) is 30.3 Å². The first-order valence-corrected chi connectivity index (χ1v) is 4.66. The molecule has 3 nitrogen and oxygen atoms in total. The van der Waals surface area contributed by atoms with Crippen LogP contribution in [0.3, 0.4) is 0 Å². The van der Waals surface area contributed by atoms with Crippen LogP contribution < -0.4 is 5.73 Å². The summed E-state index contributed by atoms with van der Waals surface area (Å²) >= 11 is 0. The standard InChI is InChI=1S/C11H7F3N2O/c12-11(13,14)7-2-4-8-6(5-7)1-3-9(16-8)10(15)17/h1-5H,(H2,15,17). The lowest BCUT2D eigenvalue weighted by molar-refractivity contribution is -0.137. The summed E-state index contributed by atoms with van der Waals surface area (Å²) in [5, 5.41) is 0.310. The summed E-state index contributed by atoms with van der Waals surface area (Å²) in [6.45, 7) is 0. The van der Waals surface area contributed by atoms with Crippen LogP contribution in [0.4, 0.5) is 13.2 Å². The summed E-state index contributed by atoms with van der Waals surface area (Å²) in [7, 11) is 0. The molecule has 1 heterocycles. The largest absolute Gasteiger partial charge is 0.416 e. The molecule has 0 fully saturated rings. The molecule has 1 amide bonds. The van der Waals surface area contributed by atoms with Crippen molar-refractivity contribution in [2.45, 2.75) is 6.18 Å². The fourth-order valence-corrected chi connectivity index (χ4v) is 1.44. The Hall–Kier alpha value is -2.11. The van der Waals surface area contributed by atoms with Crippen LogP contribution in [0, 0.1) is 0 Å². The Morgan fingerprint density at radius 1 is 1.18 bits per heavy atom. The van der Waals surface area contributed by atoms with Gasteiger partial charge in [0.05, 0.1) is 11.1 Å². The quantitative estimate of drug-likeness (QED) is 0.831. The highest BCUT2D eigenvalue weighted by Crippen LogP contribution is 2.30. The average Bonchev–Trinajstić information content (AvgIpc) is 2.26. The molecule has 0 unspecified atom stereocenters. The van der Waals surface area contributed by atoms with Crippen molar-refractivity contribution < 1.29 is 18.0 Å². The van der Waals surface area contributed by atoms with Crippen LogP contribution in [-0.4, -0.2) is 10.9 Å². The molecule has 0 aliphatic rings. The van der Waals surface area contributed by atoms with Gasteiger partial charge in [-0.05, 0) is 24.3 Å². The second-order valence-electron chi connectivity index (χ2n) is 3.47. The van der Waals surface area contributed by atoms with E-state index >= 15 is 0 Å². The van der Waals surface area contributed by atoms with Gasteiger partial charge in [-0.15, -0.1) is 0 Å². The van der Waals surface area contributed by atoms with E-state index in [1.54, 1.807) is 0 Å². The second-order valence-corrected chi connectivity index (χ2v) is 3.47. The van der Waals surface area contributed by atoms with Crippen molar-refractivity contribution in [1.29, 1.82) is 0 Å². The van der Waals surface area contributed by atoms with E-state index in [2.05, 4.69) is 4.98 Å². The Morgan fingerprint density at radius 2 is 1.88 bits per heavy atom. The Kier molecular flexibility index (Phi) is 2.49. The van der Waals surface area contributed by atoms with Gasteiger partial charge in [0.15, 0.2) is 0 Å². The van der Waals surface area contributed by atoms with Crippen molar-refractivity contribution in [3.8, 4) is 0 Å². The molecular formula is C11H7F3N2O. The van der Waals surface area contributed by atoms with Crippen molar-refractivity contribution in [2.24, 2.45) is 5.73 Å². The first kappa shape index (κ1) is 11.4. The van der Waals surface area contributed by atoms with Crippen molar-refractivity contribution in [3.63, 3.8) is 0 Å². The highest BCUT2D eigenvalue weighted by molar-refractivity contribution is 5.93. The molecule has 0 saturated carbocycles. The molecule has 1 aromatic heterocycles. The Balaban J connectivity index is 2.58. The highest BCUT2D eigenvalue weighted by Gasteiger charge is 2.30. The van der Waals surface area contributed by atoms with Gasteiger partial charge in [-0.25, -0.2) is 4.98 Å². The first-order valence-electron chi connectivity index (χ1n) is 4.66. The SMILES string of the molecule is NC(=O)c1ccc2cc(C(F)(F)F)ccc2n1. The Bertz CT molecular complexity index is 593. The monoisotopic (exact) mass is 240 g/mol. The van der Waals surface area contributed by atoms with E-state index in [0.29, 0.717) is 10.9 Å². The van der Waals surface area contributed by atoms with Gasteiger partial charge in [0.1, 0.15) is 5.69 Å². The summed E-state index contributed by atoms with van der Waals surface area (Å²) < 4.78 is 37.3. The zero-order valence-electron chi connectivity index (χ0n) is 8.45. The van der Waals surface area contributed by atoms with Gasteiger partial charge in [-0.3, -0.25) is 4.79 Å². The minimum atomic E-state index is -4.39. The summed E-state index contributed by atoms with van der Waals surface area (Å²) in [4.78, 5) is 14.7. The molecule has 0 atom stereocenters. The summed E-state index contributed by atoms with van der Waals surface area (Å²) in [6, 6.07) is 5.79. The topological polar surface area (TPSA) is 56.0 Å². The zero-order chi connectivity index (χ0) is 12.6. The highest BCUT2D eigenvalue weighted by atomic mass is 19.4. The zero-order valence-corrected chi connectivity index (χ0v) is 8.45. The molecule has 0 radical (unpaired) electrons. The lowest BCUT2D eigenvalue weighted by Crippen LogP contribution is -2.12. The van der Waals surface area contributed by atoms with Crippen LogP contribution >= 0.6 is 0 Å².